The third-order valence-electron chi connectivity index (χ3n) is 6.08. The summed E-state index contributed by atoms with van der Waals surface area (Å²) >= 11 is 0. The molecule has 2 aliphatic heterocycles. The zero-order valence-corrected chi connectivity index (χ0v) is 13.8. The fraction of sp³-hybridized carbons (Fsp3) is 0.706. The molecule has 0 bridgehead atoms. The van der Waals surface area contributed by atoms with E-state index in [4.69, 9.17) is 10.5 Å². The molecule has 2 atom stereocenters. The van der Waals surface area contributed by atoms with E-state index in [0.717, 1.165) is 6.54 Å². The molecule has 1 saturated carbocycles. The Morgan fingerprint density at radius 2 is 2.25 bits per heavy atom. The van der Waals surface area contributed by atoms with Crippen LogP contribution in [0, 0.1) is 17.3 Å². The number of nitrogens with zero attached hydrogens (tertiary/aromatic N) is 3. The van der Waals surface area contributed by atoms with Crippen molar-refractivity contribution in [2.45, 2.75) is 32.2 Å². The van der Waals surface area contributed by atoms with E-state index in [1.165, 1.54) is 19.3 Å². The van der Waals surface area contributed by atoms with Crippen molar-refractivity contribution >= 4 is 11.8 Å². The zero-order chi connectivity index (χ0) is 16.7. The van der Waals surface area contributed by atoms with Gasteiger partial charge in [0.15, 0.2) is 0 Å². The second kappa shape index (κ2) is 5.88. The molecule has 0 radical (unpaired) electrons. The van der Waals surface area contributed by atoms with Crippen LogP contribution < -0.4 is 5.73 Å². The Kier molecular flexibility index (Phi) is 3.83. The smallest absolute Gasteiger partial charge is 0.272 e. The van der Waals surface area contributed by atoms with Crippen LogP contribution >= 0.6 is 0 Å². The van der Waals surface area contributed by atoms with Gasteiger partial charge in [0.05, 0.1) is 12.0 Å². The molecule has 130 valence electrons. The molecular formula is C17H24N4O3. The maximum atomic E-state index is 13.0. The molecule has 0 aromatic carbocycles. The van der Waals surface area contributed by atoms with Gasteiger partial charge in [-0.15, -0.1) is 0 Å². The van der Waals surface area contributed by atoms with E-state index in [9.17, 15) is 9.59 Å². The average molecular weight is 332 g/mol. The highest BCUT2D eigenvalue weighted by Gasteiger charge is 2.53. The van der Waals surface area contributed by atoms with Crippen LogP contribution in [-0.4, -0.2) is 52.8 Å². The molecule has 1 aromatic heterocycles. The molecule has 3 heterocycles. The highest BCUT2D eigenvalue weighted by Crippen LogP contribution is 2.42. The second-order valence-corrected chi connectivity index (χ2v) is 7.42. The Bertz CT molecular complexity index is 654. The predicted octanol–water partition coefficient (Wildman–Crippen LogP) is 0.647. The van der Waals surface area contributed by atoms with Crippen molar-refractivity contribution in [2.24, 2.45) is 23.0 Å². The average Bonchev–Trinajstić information content (AvgIpc) is 3.15. The highest BCUT2D eigenvalue weighted by atomic mass is 16.5. The minimum absolute atomic E-state index is 0.00398. The van der Waals surface area contributed by atoms with E-state index < -0.39 is 5.41 Å². The van der Waals surface area contributed by atoms with Crippen LogP contribution in [0.3, 0.4) is 0 Å². The molecule has 7 heteroatoms. The van der Waals surface area contributed by atoms with Crippen molar-refractivity contribution in [2.75, 3.05) is 26.3 Å². The van der Waals surface area contributed by atoms with Crippen molar-refractivity contribution in [3.8, 4) is 0 Å². The third kappa shape index (κ3) is 2.42. The number of likely N-dealkylation sites (tertiary alicyclic amines) is 1. The van der Waals surface area contributed by atoms with Crippen LogP contribution in [0.2, 0.25) is 0 Å². The van der Waals surface area contributed by atoms with Gasteiger partial charge < -0.3 is 15.4 Å². The molecular weight excluding hydrogens is 308 g/mol. The number of amides is 2. The molecule has 4 rings (SSSR count). The van der Waals surface area contributed by atoms with Gasteiger partial charge in [-0.25, -0.2) is 0 Å². The molecule has 1 aromatic rings. The first-order valence-electron chi connectivity index (χ1n) is 8.79. The Labute approximate surface area is 141 Å². The topological polar surface area (TPSA) is 90.5 Å². The number of aromatic nitrogens is 2. The van der Waals surface area contributed by atoms with Gasteiger partial charge in [-0.3, -0.25) is 14.3 Å². The Morgan fingerprint density at radius 1 is 1.42 bits per heavy atom. The molecule has 2 N–H and O–H groups in total. The minimum atomic E-state index is -0.632. The first kappa shape index (κ1) is 15.6. The largest absolute Gasteiger partial charge is 0.381 e. The molecule has 2 amide bonds. The molecule has 1 aliphatic carbocycles. The van der Waals surface area contributed by atoms with Crippen molar-refractivity contribution < 1.29 is 14.3 Å². The summed E-state index contributed by atoms with van der Waals surface area (Å²) in [5.41, 5.74) is 5.68. The van der Waals surface area contributed by atoms with Crippen molar-refractivity contribution in [1.29, 1.82) is 0 Å². The predicted molar refractivity (Wildman–Crippen MR) is 86.0 cm³/mol. The fourth-order valence-electron chi connectivity index (χ4n) is 4.25. The Morgan fingerprint density at radius 3 is 2.92 bits per heavy atom. The van der Waals surface area contributed by atoms with E-state index in [0.29, 0.717) is 44.3 Å². The maximum Gasteiger partial charge on any atom is 0.272 e. The lowest BCUT2D eigenvalue weighted by molar-refractivity contribution is -0.135. The maximum absolute atomic E-state index is 13.0. The van der Waals surface area contributed by atoms with Crippen LogP contribution in [0.25, 0.3) is 0 Å². The van der Waals surface area contributed by atoms with Gasteiger partial charge in [-0.2, -0.15) is 5.10 Å². The SMILES string of the molecule is NC(=O)[C@]12CCOC[C@H]1CN(C(=O)c1ccnn1CC1CCC1)C2. The second-order valence-electron chi connectivity index (χ2n) is 7.42. The molecule has 24 heavy (non-hydrogen) atoms. The normalized spacial score (nSPS) is 30.0. The van der Waals surface area contributed by atoms with Crippen LogP contribution in [-0.2, 0) is 16.1 Å². The summed E-state index contributed by atoms with van der Waals surface area (Å²) in [6, 6.07) is 1.77. The number of primary amides is 1. The highest BCUT2D eigenvalue weighted by molar-refractivity contribution is 5.94. The van der Waals surface area contributed by atoms with Crippen molar-refractivity contribution in [3.05, 3.63) is 18.0 Å². The van der Waals surface area contributed by atoms with E-state index in [1.807, 2.05) is 4.68 Å². The lowest BCUT2D eigenvalue weighted by Gasteiger charge is -2.34. The summed E-state index contributed by atoms with van der Waals surface area (Å²) < 4.78 is 7.33. The van der Waals surface area contributed by atoms with E-state index in [1.54, 1.807) is 17.2 Å². The van der Waals surface area contributed by atoms with Gasteiger partial charge >= 0.3 is 0 Å². The Balaban J connectivity index is 1.53. The van der Waals surface area contributed by atoms with Gasteiger partial charge in [-0.05, 0) is 31.2 Å². The number of carbonyl (C=O) groups excluding carboxylic acids is 2. The monoisotopic (exact) mass is 332 g/mol. The zero-order valence-electron chi connectivity index (χ0n) is 13.8. The third-order valence-corrected chi connectivity index (χ3v) is 6.08. The number of hydrogen-bond acceptors (Lipinski definition) is 4. The first-order valence-corrected chi connectivity index (χ1v) is 8.79. The minimum Gasteiger partial charge on any atom is -0.381 e. The fourth-order valence-corrected chi connectivity index (χ4v) is 4.25. The summed E-state index contributed by atoms with van der Waals surface area (Å²) in [5, 5.41) is 4.33. The number of fused-ring (bicyclic) bond motifs is 1. The van der Waals surface area contributed by atoms with Crippen molar-refractivity contribution in [1.82, 2.24) is 14.7 Å². The molecule has 3 fully saturated rings. The van der Waals surface area contributed by atoms with E-state index in [-0.39, 0.29) is 17.7 Å². The molecule has 2 saturated heterocycles. The first-order chi connectivity index (χ1) is 11.6. The number of ether oxygens (including phenoxy) is 1. The van der Waals surface area contributed by atoms with Crippen LogP contribution in [0.1, 0.15) is 36.2 Å². The van der Waals surface area contributed by atoms with E-state index in [2.05, 4.69) is 5.10 Å². The lowest BCUT2D eigenvalue weighted by atomic mass is 9.74. The summed E-state index contributed by atoms with van der Waals surface area (Å²) in [4.78, 5) is 26.8. The van der Waals surface area contributed by atoms with Gasteiger partial charge in [0.2, 0.25) is 5.91 Å². The van der Waals surface area contributed by atoms with Crippen molar-refractivity contribution in [3.63, 3.8) is 0 Å². The summed E-state index contributed by atoms with van der Waals surface area (Å²) in [7, 11) is 0. The van der Waals surface area contributed by atoms with Crippen LogP contribution in [0.15, 0.2) is 12.3 Å². The quantitative estimate of drug-likeness (QED) is 0.876. The molecule has 0 unspecified atom stereocenters. The molecule has 0 spiro atoms. The summed E-state index contributed by atoms with van der Waals surface area (Å²) in [5.74, 6) is 0.259. The van der Waals surface area contributed by atoms with Crippen LogP contribution in [0.5, 0.6) is 0 Å². The standard InChI is InChI=1S/C17H24N4O3/c18-16(23)17-5-7-24-10-13(17)9-20(11-17)15(22)14-4-6-19-21(14)8-12-2-1-3-12/h4,6,12-13H,1-3,5,7-11H2,(H2,18,23)/t13-,17+/m1/s1. The Hall–Kier alpha value is -1.89. The number of hydrogen-bond donors (Lipinski definition) is 1. The molecule has 7 nitrogen and oxygen atoms in total. The van der Waals surface area contributed by atoms with Crippen LogP contribution in [0.4, 0.5) is 0 Å². The van der Waals surface area contributed by atoms with Gasteiger partial charge in [0.25, 0.3) is 5.91 Å². The van der Waals surface area contributed by atoms with Gasteiger partial charge in [-0.1, -0.05) is 6.42 Å². The molecule has 3 aliphatic rings. The summed E-state index contributed by atoms with van der Waals surface area (Å²) in [6.45, 7) is 2.74. The van der Waals surface area contributed by atoms with Gasteiger partial charge in [0.1, 0.15) is 5.69 Å². The summed E-state index contributed by atoms with van der Waals surface area (Å²) in [6.07, 6.45) is 5.97. The van der Waals surface area contributed by atoms with Gasteiger partial charge in [0, 0.05) is 38.4 Å². The number of nitrogens with two attached hydrogens (primary N) is 1. The van der Waals surface area contributed by atoms with E-state index >= 15 is 0 Å². The number of rotatable bonds is 4. The lowest BCUT2D eigenvalue weighted by Crippen LogP contribution is -2.48. The number of carbonyl (C=O) groups is 2.